The number of cyclic esters (lactones) is 1. The number of rotatable bonds is 2. The summed E-state index contributed by atoms with van der Waals surface area (Å²) in [6.45, 7) is 2.13. The number of carbonyl (C=O) groups is 2. The van der Waals surface area contributed by atoms with Crippen LogP contribution in [-0.4, -0.2) is 30.2 Å². The fourth-order valence-electron chi connectivity index (χ4n) is 1.63. The van der Waals surface area contributed by atoms with Gasteiger partial charge in [0.2, 0.25) is 5.91 Å². The molecule has 1 aromatic carbocycles. The highest BCUT2D eigenvalue weighted by atomic mass is 16.6. The van der Waals surface area contributed by atoms with Crippen LogP contribution in [0, 0.1) is 0 Å². The zero-order valence-corrected chi connectivity index (χ0v) is 8.92. The fraction of sp³-hybridized carbons (Fsp3) is 0.273. The summed E-state index contributed by atoms with van der Waals surface area (Å²) in [6, 6.07) is 9.02. The highest BCUT2D eigenvalue weighted by Crippen LogP contribution is 2.19. The first kappa shape index (κ1) is 10.5. The smallest absolute Gasteiger partial charge is 0.429 e. The lowest BCUT2D eigenvalue weighted by Gasteiger charge is -2.28. The number of para-hydroxylation sites is 1. The second kappa shape index (κ2) is 4.22. The molecular formula is C11H12N2O3. The predicted molar refractivity (Wildman–Crippen MR) is 57.7 cm³/mol. The van der Waals surface area contributed by atoms with E-state index in [1.807, 2.05) is 18.2 Å². The van der Waals surface area contributed by atoms with Crippen molar-refractivity contribution in [1.29, 1.82) is 0 Å². The van der Waals surface area contributed by atoms with Crippen molar-refractivity contribution in [3.63, 3.8) is 0 Å². The maximum absolute atomic E-state index is 11.6. The highest BCUT2D eigenvalue weighted by molar-refractivity contribution is 5.93. The lowest BCUT2D eigenvalue weighted by Crippen LogP contribution is -2.46. The molecule has 16 heavy (non-hydrogen) atoms. The van der Waals surface area contributed by atoms with Gasteiger partial charge in [-0.3, -0.25) is 4.79 Å². The number of ether oxygens (including phenoxy) is 1. The van der Waals surface area contributed by atoms with Crippen LogP contribution in [0.2, 0.25) is 0 Å². The first-order valence-electron chi connectivity index (χ1n) is 5.00. The average Bonchev–Trinajstić information content (AvgIpc) is 2.66. The summed E-state index contributed by atoms with van der Waals surface area (Å²) < 4.78 is 4.81. The first-order valence-corrected chi connectivity index (χ1v) is 5.00. The Balaban J connectivity index is 2.31. The van der Waals surface area contributed by atoms with Gasteiger partial charge < -0.3 is 4.74 Å². The summed E-state index contributed by atoms with van der Waals surface area (Å²) in [5.41, 5.74) is 0.661. The Kier molecular flexibility index (Phi) is 2.76. The minimum Gasteiger partial charge on any atom is -0.446 e. The molecule has 1 aliphatic heterocycles. The maximum Gasteiger partial charge on any atom is 0.429 e. The summed E-state index contributed by atoms with van der Waals surface area (Å²) in [6.07, 6.45) is -0.487. The molecule has 2 amide bonds. The van der Waals surface area contributed by atoms with Gasteiger partial charge in [-0.1, -0.05) is 18.2 Å². The summed E-state index contributed by atoms with van der Waals surface area (Å²) in [5, 5.41) is 2.63. The Morgan fingerprint density at radius 1 is 1.38 bits per heavy atom. The number of anilines is 1. The van der Waals surface area contributed by atoms with Gasteiger partial charge in [0.1, 0.15) is 6.61 Å². The number of benzene rings is 1. The largest absolute Gasteiger partial charge is 0.446 e. The van der Waals surface area contributed by atoms with E-state index in [1.54, 1.807) is 12.1 Å². The number of hydrazine groups is 1. The van der Waals surface area contributed by atoms with Crippen LogP contribution in [0.25, 0.3) is 0 Å². The minimum atomic E-state index is -0.487. The zero-order valence-electron chi connectivity index (χ0n) is 8.92. The molecule has 5 heteroatoms. The molecule has 1 aromatic rings. The monoisotopic (exact) mass is 220 g/mol. The van der Waals surface area contributed by atoms with Gasteiger partial charge in [0.15, 0.2) is 0 Å². The average molecular weight is 220 g/mol. The SMILES string of the molecule is CC(=O)N(c1ccccc1)N1CCOC1=O. The molecule has 0 saturated carbocycles. The van der Waals surface area contributed by atoms with E-state index >= 15 is 0 Å². The third-order valence-corrected chi connectivity index (χ3v) is 2.28. The van der Waals surface area contributed by atoms with Crippen LogP contribution >= 0.6 is 0 Å². The molecule has 0 atom stereocenters. The van der Waals surface area contributed by atoms with E-state index in [-0.39, 0.29) is 5.91 Å². The summed E-state index contributed by atoms with van der Waals surface area (Å²) in [4.78, 5) is 23.0. The van der Waals surface area contributed by atoms with E-state index in [0.29, 0.717) is 18.8 Å². The first-order chi connectivity index (χ1) is 7.70. The lowest BCUT2D eigenvalue weighted by molar-refractivity contribution is -0.118. The molecule has 1 aliphatic rings. The molecule has 1 heterocycles. The minimum absolute atomic E-state index is 0.218. The molecule has 1 fully saturated rings. The van der Waals surface area contributed by atoms with Gasteiger partial charge in [0.25, 0.3) is 0 Å². The van der Waals surface area contributed by atoms with Crippen LogP contribution in [0.4, 0.5) is 10.5 Å². The number of hydrogen-bond acceptors (Lipinski definition) is 3. The second-order valence-corrected chi connectivity index (χ2v) is 3.40. The second-order valence-electron chi connectivity index (χ2n) is 3.40. The van der Waals surface area contributed by atoms with E-state index in [2.05, 4.69) is 0 Å². The third-order valence-electron chi connectivity index (χ3n) is 2.28. The van der Waals surface area contributed by atoms with Gasteiger partial charge >= 0.3 is 6.09 Å². The Morgan fingerprint density at radius 2 is 2.06 bits per heavy atom. The van der Waals surface area contributed by atoms with Crippen LogP contribution in [0.5, 0.6) is 0 Å². The molecule has 0 radical (unpaired) electrons. The van der Waals surface area contributed by atoms with Gasteiger partial charge in [-0.2, -0.15) is 0 Å². The predicted octanol–water partition coefficient (Wildman–Crippen LogP) is 1.41. The number of hydrogen-bond donors (Lipinski definition) is 0. The molecule has 84 valence electrons. The normalized spacial score (nSPS) is 14.8. The molecule has 0 aliphatic carbocycles. The summed E-state index contributed by atoms with van der Waals surface area (Å²) >= 11 is 0. The summed E-state index contributed by atoms with van der Waals surface area (Å²) in [7, 11) is 0. The van der Waals surface area contributed by atoms with Crippen LogP contribution in [0.15, 0.2) is 30.3 Å². The quantitative estimate of drug-likeness (QED) is 0.757. The van der Waals surface area contributed by atoms with Crippen LogP contribution in [0.1, 0.15) is 6.92 Å². The van der Waals surface area contributed by atoms with Crippen molar-refractivity contribution < 1.29 is 14.3 Å². The van der Waals surface area contributed by atoms with Crippen molar-refractivity contribution >= 4 is 17.7 Å². The lowest BCUT2D eigenvalue weighted by atomic mass is 10.3. The van der Waals surface area contributed by atoms with E-state index in [9.17, 15) is 9.59 Å². The van der Waals surface area contributed by atoms with E-state index < -0.39 is 6.09 Å². The van der Waals surface area contributed by atoms with Crippen molar-refractivity contribution in [2.75, 3.05) is 18.2 Å². The van der Waals surface area contributed by atoms with Crippen LogP contribution < -0.4 is 5.01 Å². The zero-order chi connectivity index (χ0) is 11.5. The Labute approximate surface area is 93.2 Å². The van der Waals surface area contributed by atoms with Gasteiger partial charge in [-0.25, -0.2) is 14.8 Å². The van der Waals surface area contributed by atoms with Gasteiger partial charge in [-0.05, 0) is 12.1 Å². The van der Waals surface area contributed by atoms with Crippen molar-refractivity contribution in [3.8, 4) is 0 Å². The van der Waals surface area contributed by atoms with Crippen molar-refractivity contribution in [2.45, 2.75) is 6.92 Å². The molecule has 2 rings (SSSR count). The molecule has 0 unspecified atom stereocenters. The van der Waals surface area contributed by atoms with Crippen molar-refractivity contribution in [1.82, 2.24) is 5.01 Å². The molecule has 0 spiro atoms. The van der Waals surface area contributed by atoms with Crippen LogP contribution in [-0.2, 0) is 9.53 Å². The van der Waals surface area contributed by atoms with E-state index in [1.165, 1.54) is 16.9 Å². The standard InChI is InChI=1S/C11H12N2O3/c1-9(14)13(10-5-3-2-4-6-10)12-7-8-16-11(12)15/h2-6H,7-8H2,1H3. The van der Waals surface area contributed by atoms with Gasteiger partial charge in [0.05, 0.1) is 12.2 Å². The Hall–Kier alpha value is -2.04. The number of amides is 2. The maximum atomic E-state index is 11.6. The van der Waals surface area contributed by atoms with E-state index in [0.717, 1.165) is 0 Å². The fourth-order valence-corrected chi connectivity index (χ4v) is 1.63. The molecule has 0 N–H and O–H groups in total. The Morgan fingerprint density at radius 3 is 2.56 bits per heavy atom. The Bertz CT molecular complexity index is 405. The van der Waals surface area contributed by atoms with E-state index in [4.69, 9.17) is 4.74 Å². The molecule has 0 aromatic heterocycles. The molecule has 1 saturated heterocycles. The number of carbonyl (C=O) groups excluding carboxylic acids is 2. The topological polar surface area (TPSA) is 49.9 Å². The van der Waals surface area contributed by atoms with Gasteiger partial charge in [0, 0.05) is 6.92 Å². The van der Waals surface area contributed by atoms with Gasteiger partial charge in [-0.15, -0.1) is 0 Å². The number of nitrogens with zero attached hydrogens (tertiary/aromatic N) is 2. The highest BCUT2D eigenvalue weighted by Gasteiger charge is 2.30. The molecule has 0 bridgehead atoms. The van der Waals surface area contributed by atoms with Crippen molar-refractivity contribution in [2.24, 2.45) is 0 Å². The molecular weight excluding hydrogens is 208 g/mol. The van der Waals surface area contributed by atoms with Crippen LogP contribution in [0.3, 0.4) is 0 Å². The summed E-state index contributed by atoms with van der Waals surface area (Å²) in [5.74, 6) is -0.218. The van der Waals surface area contributed by atoms with Crippen molar-refractivity contribution in [3.05, 3.63) is 30.3 Å². The third kappa shape index (κ3) is 1.84. The molecule has 5 nitrogen and oxygen atoms in total.